The van der Waals surface area contributed by atoms with Crippen LogP contribution < -0.4 is 10.3 Å². The molecule has 1 saturated carbocycles. The van der Waals surface area contributed by atoms with Crippen LogP contribution in [0.5, 0.6) is 0 Å². The third-order valence-corrected chi connectivity index (χ3v) is 5.45. The van der Waals surface area contributed by atoms with E-state index in [9.17, 15) is 24.1 Å². The largest absolute Gasteiger partial charge is 0.477 e. The molecule has 1 aromatic heterocycles. The molecule has 142 valence electrons. The molecule has 0 atom stereocenters. The van der Waals surface area contributed by atoms with Gasteiger partial charge in [-0.3, -0.25) is 4.79 Å². The third-order valence-electron chi connectivity index (χ3n) is 5.45. The summed E-state index contributed by atoms with van der Waals surface area (Å²) in [4.78, 5) is 27.9. The van der Waals surface area contributed by atoms with Crippen molar-refractivity contribution in [2.24, 2.45) is 0 Å². The Kier molecular flexibility index (Phi) is 4.43. The number of carbonyl (C=O) groups is 1. The quantitative estimate of drug-likeness (QED) is 0.789. The van der Waals surface area contributed by atoms with Crippen LogP contribution in [0, 0.1) is 5.82 Å². The Labute approximate surface area is 155 Å². The Balaban J connectivity index is 1.80. The van der Waals surface area contributed by atoms with Gasteiger partial charge in [-0.05, 0) is 25.7 Å². The lowest BCUT2D eigenvalue weighted by Crippen LogP contribution is -2.51. The number of halogens is 1. The van der Waals surface area contributed by atoms with Gasteiger partial charge in [0.15, 0.2) is 0 Å². The van der Waals surface area contributed by atoms with Crippen molar-refractivity contribution in [3.8, 4) is 0 Å². The molecule has 2 aliphatic rings. The van der Waals surface area contributed by atoms with E-state index in [4.69, 9.17) is 0 Å². The predicted molar refractivity (Wildman–Crippen MR) is 101 cm³/mol. The van der Waals surface area contributed by atoms with Gasteiger partial charge in [-0.2, -0.15) is 0 Å². The van der Waals surface area contributed by atoms with Crippen LogP contribution >= 0.6 is 0 Å². The van der Waals surface area contributed by atoms with E-state index in [1.165, 1.54) is 18.3 Å². The van der Waals surface area contributed by atoms with Gasteiger partial charge in [0.05, 0.1) is 11.2 Å². The Morgan fingerprint density at radius 2 is 1.89 bits per heavy atom. The number of anilines is 1. The smallest absolute Gasteiger partial charge is 0.376 e. The highest BCUT2D eigenvalue weighted by molar-refractivity contribution is 6.45. The van der Waals surface area contributed by atoms with E-state index in [1.807, 2.05) is 9.71 Å². The van der Waals surface area contributed by atoms with E-state index < -0.39 is 24.3 Å². The minimum Gasteiger partial charge on any atom is -0.477 e. The molecule has 0 bridgehead atoms. The van der Waals surface area contributed by atoms with Crippen LogP contribution in [0.15, 0.2) is 23.1 Å². The topological polar surface area (TPSA) is 86.0 Å². The highest BCUT2D eigenvalue weighted by atomic mass is 19.1. The zero-order valence-corrected chi connectivity index (χ0v) is 15.1. The van der Waals surface area contributed by atoms with Crippen LogP contribution in [0.25, 0.3) is 10.9 Å². The molecule has 0 unspecified atom stereocenters. The molecule has 2 fully saturated rings. The van der Waals surface area contributed by atoms with Gasteiger partial charge in [-0.15, -0.1) is 0 Å². The Morgan fingerprint density at radius 3 is 2.44 bits per heavy atom. The molecule has 0 spiro atoms. The number of nitrogens with zero attached hydrogens (tertiary/aromatic N) is 3. The average molecular weight is 373 g/mol. The Morgan fingerprint density at radius 1 is 1.22 bits per heavy atom. The van der Waals surface area contributed by atoms with Crippen LogP contribution in [0.4, 0.5) is 10.1 Å². The monoisotopic (exact) mass is 373 g/mol. The maximum atomic E-state index is 14.9. The number of hydrogen-bond donors (Lipinski definition) is 2. The number of fused-ring (bicyclic) bond motifs is 1. The molecule has 0 radical (unpaired) electrons. The number of aromatic carboxylic acids is 1. The molecular formula is C18H21BFN3O4. The van der Waals surface area contributed by atoms with Crippen molar-refractivity contribution in [1.29, 1.82) is 0 Å². The summed E-state index contributed by atoms with van der Waals surface area (Å²) in [6.07, 6.45) is 3.12. The lowest BCUT2D eigenvalue weighted by molar-refractivity contribution is 0.0695. The standard InChI is InChI=1S/C18H21BFN3O4/c1-19(27)22-6-4-21(5-7-22)16-8-12-15(9-14(16)20)23(11-2-3-11)10-13(17(12)24)18(25)26/h8-11,27H,2-7H2,1H3,(H,25,26). The first-order chi connectivity index (χ1) is 12.9. The Hall–Kier alpha value is -2.39. The molecule has 1 aromatic carbocycles. The SMILES string of the molecule is CB(O)N1CCN(c2cc3c(=O)c(C(=O)O)cn(C4CC4)c3cc2F)CC1. The molecule has 2 heterocycles. The zero-order valence-electron chi connectivity index (χ0n) is 15.1. The highest BCUT2D eigenvalue weighted by Gasteiger charge is 2.29. The first-order valence-electron chi connectivity index (χ1n) is 9.15. The molecule has 2 aromatic rings. The first-order valence-corrected chi connectivity index (χ1v) is 9.15. The van der Waals surface area contributed by atoms with Crippen LogP contribution in [-0.2, 0) is 0 Å². The fourth-order valence-corrected chi connectivity index (χ4v) is 3.75. The number of hydrogen-bond acceptors (Lipinski definition) is 5. The van der Waals surface area contributed by atoms with Gasteiger partial charge >= 0.3 is 13.0 Å². The molecule has 0 amide bonds. The molecule has 1 aliphatic carbocycles. The molecule has 27 heavy (non-hydrogen) atoms. The minimum atomic E-state index is -1.27. The number of benzene rings is 1. The predicted octanol–water partition coefficient (Wildman–Crippen LogP) is 1.41. The van der Waals surface area contributed by atoms with Crippen molar-refractivity contribution in [1.82, 2.24) is 9.38 Å². The molecule has 1 aliphatic heterocycles. The fraction of sp³-hybridized carbons (Fsp3) is 0.444. The normalized spacial score (nSPS) is 18.1. The van der Waals surface area contributed by atoms with Crippen LogP contribution in [0.1, 0.15) is 29.2 Å². The molecule has 1 saturated heterocycles. The van der Waals surface area contributed by atoms with Gasteiger partial charge in [0.1, 0.15) is 11.4 Å². The summed E-state index contributed by atoms with van der Waals surface area (Å²) in [5, 5.41) is 19.3. The van der Waals surface area contributed by atoms with Crippen molar-refractivity contribution >= 4 is 29.6 Å². The average Bonchev–Trinajstić information content (AvgIpc) is 3.46. The van der Waals surface area contributed by atoms with E-state index in [1.54, 1.807) is 11.4 Å². The van der Waals surface area contributed by atoms with Gasteiger partial charge in [0.25, 0.3) is 0 Å². The van der Waals surface area contributed by atoms with Crippen LogP contribution in [0.3, 0.4) is 0 Å². The number of carboxylic acids is 1. The summed E-state index contributed by atoms with van der Waals surface area (Å²) in [5.41, 5.74) is -0.129. The van der Waals surface area contributed by atoms with Gasteiger partial charge in [-0.25, -0.2) is 9.18 Å². The lowest BCUT2D eigenvalue weighted by Gasteiger charge is -2.36. The van der Waals surface area contributed by atoms with Crippen molar-refractivity contribution in [3.63, 3.8) is 0 Å². The second kappa shape index (κ2) is 6.65. The number of rotatable bonds is 4. The van der Waals surface area contributed by atoms with Gasteiger partial charge in [0.2, 0.25) is 5.43 Å². The van der Waals surface area contributed by atoms with Crippen LogP contribution in [-0.4, -0.2) is 58.7 Å². The Bertz CT molecular complexity index is 965. The maximum absolute atomic E-state index is 14.9. The van der Waals surface area contributed by atoms with Crippen molar-refractivity contribution in [2.45, 2.75) is 25.7 Å². The lowest BCUT2D eigenvalue weighted by atomic mass is 9.84. The number of aromatic nitrogens is 1. The molecule has 2 N–H and O–H groups in total. The summed E-state index contributed by atoms with van der Waals surface area (Å²) in [6, 6.07) is 2.94. The minimum absolute atomic E-state index is 0.117. The fourth-order valence-electron chi connectivity index (χ4n) is 3.75. The van der Waals surface area contributed by atoms with Crippen molar-refractivity contribution in [3.05, 3.63) is 39.9 Å². The van der Waals surface area contributed by atoms with Crippen LogP contribution in [0.2, 0.25) is 6.82 Å². The van der Waals surface area contributed by atoms with E-state index >= 15 is 0 Å². The van der Waals surface area contributed by atoms with Crippen molar-refractivity contribution in [2.75, 3.05) is 31.1 Å². The van der Waals surface area contributed by atoms with Crippen molar-refractivity contribution < 1.29 is 19.3 Å². The van der Waals surface area contributed by atoms with E-state index in [0.717, 1.165) is 12.8 Å². The summed E-state index contributed by atoms with van der Waals surface area (Å²) < 4.78 is 16.6. The van der Waals surface area contributed by atoms with E-state index in [0.29, 0.717) is 37.4 Å². The van der Waals surface area contributed by atoms with Gasteiger partial charge in [0, 0.05) is 49.9 Å². The van der Waals surface area contributed by atoms with E-state index in [2.05, 4.69) is 0 Å². The molecular weight excluding hydrogens is 352 g/mol. The van der Waals surface area contributed by atoms with Gasteiger partial charge in [-0.1, -0.05) is 0 Å². The number of carboxylic acid groups (broad SMARTS) is 1. The summed E-state index contributed by atoms with van der Waals surface area (Å²) in [7, 11) is -0.558. The highest BCUT2D eigenvalue weighted by Crippen LogP contribution is 2.38. The summed E-state index contributed by atoms with van der Waals surface area (Å²) in [6.45, 7) is 3.89. The van der Waals surface area contributed by atoms with Gasteiger partial charge < -0.3 is 24.4 Å². The summed E-state index contributed by atoms with van der Waals surface area (Å²) in [5.74, 6) is -1.70. The third kappa shape index (κ3) is 3.21. The zero-order chi connectivity index (χ0) is 19.3. The second-order valence-electron chi connectivity index (χ2n) is 7.29. The molecule has 9 heteroatoms. The molecule has 4 rings (SSSR count). The van der Waals surface area contributed by atoms with E-state index in [-0.39, 0.29) is 17.0 Å². The first kappa shape index (κ1) is 18.0. The number of piperazine rings is 1. The summed E-state index contributed by atoms with van der Waals surface area (Å²) >= 11 is 0. The number of pyridine rings is 1. The maximum Gasteiger partial charge on any atom is 0.376 e. The second-order valence-corrected chi connectivity index (χ2v) is 7.29. The molecule has 7 nitrogen and oxygen atoms in total.